The van der Waals surface area contributed by atoms with Crippen molar-refractivity contribution in [2.24, 2.45) is 0 Å². The molecule has 1 atom stereocenters. The molecule has 2 aromatic heterocycles. The van der Waals surface area contributed by atoms with Crippen molar-refractivity contribution in [3.8, 4) is 5.69 Å². The Morgan fingerprint density at radius 1 is 1.26 bits per heavy atom. The Bertz CT molecular complexity index is 629. The molecule has 2 rings (SSSR count). The summed E-state index contributed by atoms with van der Waals surface area (Å²) in [5, 5.41) is -0.510. The highest BCUT2D eigenvalue weighted by Gasteiger charge is 2.19. The van der Waals surface area contributed by atoms with Crippen molar-refractivity contribution >= 4 is 17.4 Å². The molecule has 0 radical (unpaired) electrons. The minimum Gasteiger partial charge on any atom is -0.316 e. The molecule has 4 heteroatoms. The van der Waals surface area contributed by atoms with Gasteiger partial charge >= 0.3 is 0 Å². The number of rotatable bonds is 3. The fraction of sp³-hybridized carbons (Fsp3) is 0.333. The molecule has 1 unspecified atom stereocenters. The maximum Gasteiger partial charge on any atom is 0.182 e. The molecule has 100 valence electrons. The fourth-order valence-corrected chi connectivity index (χ4v) is 2.40. The van der Waals surface area contributed by atoms with E-state index < -0.39 is 5.38 Å². The minimum absolute atomic E-state index is 0.0402. The number of halogens is 1. The Kier molecular flexibility index (Phi) is 3.76. The molecule has 0 saturated carbocycles. The smallest absolute Gasteiger partial charge is 0.182 e. The number of hydrogen-bond donors (Lipinski definition) is 0. The van der Waals surface area contributed by atoms with Gasteiger partial charge < -0.3 is 4.57 Å². The van der Waals surface area contributed by atoms with Gasteiger partial charge in [-0.05, 0) is 45.4 Å². The molecule has 0 aliphatic heterocycles. The van der Waals surface area contributed by atoms with Crippen LogP contribution in [0, 0.1) is 20.8 Å². The standard InChI is InChI=1S/C15H17ClN2O/c1-9-5-13(8-17-7-9)18-10(2)6-14(12(18)4)15(19)11(3)16/h5-8,11H,1-4H3. The number of ketones is 1. The highest BCUT2D eigenvalue weighted by molar-refractivity contribution is 6.33. The lowest BCUT2D eigenvalue weighted by Crippen LogP contribution is -2.11. The quantitative estimate of drug-likeness (QED) is 0.634. The number of pyridine rings is 1. The van der Waals surface area contributed by atoms with Crippen LogP contribution in [0.4, 0.5) is 0 Å². The number of hydrogen-bond acceptors (Lipinski definition) is 2. The molecule has 0 aliphatic rings. The Hall–Kier alpha value is -1.61. The van der Waals surface area contributed by atoms with Gasteiger partial charge in [-0.15, -0.1) is 11.6 Å². The second-order valence-electron chi connectivity index (χ2n) is 4.82. The van der Waals surface area contributed by atoms with Crippen LogP contribution in [0.25, 0.3) is 5.69 Å². The summed E-state index contributed by atoms with van der Waals surface area (Å²) in [5.41, 5.74) is 4.65. The Morgan fingerprint density at radius 2 is 1.95 bits per heavy atom. The monoisotopic (exact) mass is 276 g/mol. The summed E-state index contributed by atoms with van der Waals surface area (Å²) >= 11 is 5.90. The summed E-state index contributed by atoms with van der Waals surface area (Å²) < 4.78 is 2.03. The maximum atomic E-state index is 12.1. The van der Waals surface area contributed by atoms with Gasteiger partial charge in [-0.25, -0.2) is 0 Å². The molecule has 0 amide bonds. The van der Waals surface area contributed by atoms with E-state index in [9.17, 15) is 4.79 Å². The lowest BCUT2D eigenvalue weighted by atomic mass is 10.1. The van der Waals surface area contributed by atoms with Crippen LogP contribution in [0.2, 0.25) is 0 Å². The van der Waals surface area contributed by atoms with Gasteiger partial charge in [0.1, 0.15) is 0 Å². The van der Waals surface area contributed by atoms with Crippen molar-refractivity contribution in [1.29, 1.82) is 0 Å². The minimum atomic E-state index is -0.510. The topological polar surface area (TPSA) is 34.9 Å². The predicted octanol–water partition coefficient (Wildman–Crippen LogP) is 3.61. The van der Waals surface area contributed by atoms with Crippen molar-refractivity contribution in [1.82, 2.24) is 9.55 Å². The predicted molar refractivity (Wildman–Crippen MR) is 77.4 cm³/mol. The number of nitrogens with zero attached hydrogens (tertiary/aromatic N) is 2. The highest BCUT2D eigenvalue weighted by atomic mass is 35.5. The average Bonchev–Trinajstić information content (AvgIpc) is 2.63. The summed E-state index contributed by atoms with van der Waals surface area (Å²) in [5.74, 6) is -0.0402. The molecule has 0 aliphatic carbocycles. The first-order valence-corrected chi connectivity index (χ1v) is 6.64. The van der Waals surface area contributed by atoms with E-state index in [1.165, 1.54) is 0 Å². The summed E-state index contributed by atoms with van der Waals surface area (Å²) in [6.07, 6.45) is 3.61. The number of aromatic nitrogens is 2. The first-order chi connectivity index (χ1) is 8.91. The van der Waals surface area contributed by atoms with Crippen LogP contribution in [0.15, 0.2) is 24.5 Å². The van der Waals surface area contributed by atoms with E-state index in [0.717, 1.165) is 22.6 Å². The molecular weight excluding hydrogens is 260 g/mol. The Labute approximate surface area is 118 Å². The van der Waals surface area contributed by atoms with Gasteiger partial charge in [0.05, 0.1) is 17.3 Å². The molecule has 0 aromatic carbocycles. The van der Waals surface area contributed by atoms with Crippen molar-refractivity contribution in [3.63, 3.8) is 0 Å². The lowest BCUT2D eigenvalue weighted by Gasteiger charge is -2.10. The van der Waals surface area contributed by atoms with Crippen LogP contribution >= 0.6 is 11.6 Å². The highest BCUT2D eigenvalue weighted by Crippen LogP contribution is 2.22. The van der Waals surface area contributed by atoms with E-state index in [0.29, 0.717) is 5.56 Å². The fourth-order valence-electron chi connectivity index (χ4n) is 2.29. The van der Waals surface area contributed by atoms with Crippen molar-refractivity contribution in [3.05, 3.63) is 47.0 Å². The van der Waals surface area contributed by atoms with E-state index in [2.05, 4.69) is 4.98 Å². The summed E-state index contributed by atoms with van der Waals surface area (Å²) in [6, 6.07) is 3.93. The van der Waals surface area contributed by atoms with E-state index >= 15 is 0 Å². The van der Waals surface area contributed by atoms with Gasteiger partial charge in [0.25, 0.3) is 0 Å². The van der Waals surface area contributed by atoms with Crippen LogP contribution in [0.5, 0.6) is 0 Å². The Balaban J connectivity index is 2.57. The second-order valence-corrected chi connectivity index (χ2v) is 5.48. The second kappa shape index (κ2) is 5.17. The van der Waals surface area contributed by atoms with Crippen molar-refractivity contribution in [2.75, 3.05) is 0 Å². The molecule has 19 heavy (non-hydrogen) atoms. The van der Waals surface area contributed by atoms with Crippen molar-refractivity contribution < 1.29 is 4.79 Å². The molecule has 0 saturated heterocycles. The number of Topliss-reactive ketones (excluding diaryl/α,β-unsaturated/α-hetero) is 1. The van der Waals surface area contributed by atoms with E-state index in [4.69, 9.17) is 11.6 Å². The zero-order chi connectivity index (χ0) is 14.2. The van der Waals surface area contributed by atoms with E-state index in [1.54, 1.807) is 13.1 Å². The van der Waals surface area contributed by atoms with E-state index in [-0.39, 0.29) is 5.78 Å². The molecular formula is C15H17ClN2O. The van der Waals surface area contributed by atoms with Gasteiger partial charge in [0.15, 0.2) is 5.78 Å². The van der Waals surface area contributed by atoms with Gasteiger partial charge in [-0.3, -0.25) is 9.78 Å². The zero-order valence-corrected chi connectivity index (χ0v) is 12.3. The number of alkyl halides is 1. The van der Waals surface area contributed by atoms with Crippen LogP contribution in [0.1, 0.15) is 34.2 Å². The molecule has 2 aromatic rings. The van der Waals surface area contributed by atoms with Crippen LogP contribution < -0.4 is 0 Å². The lowest BCUT2D eigenvalue weighted by molar-refractivity contribution is 0.0991. The van der Waals surface area contributed by atoms with Gasteiger partial charge in [0, 0.05) is 23.1 Å². The Morgan fingerprint density at radius 3 is 2.53 bits per heavy atom. The summed E-state index contributed by atoms with van der Waals surface area (Å²) in [4.78, 5) is 16.3. The SMILES string of the molecule is Cc1cncc(-n2c(C)cc(C(=O)C(C)Cl)c2C)c1. The van der Waals surface area contributed by atoms with Gasteiger partial charge in [0.2, 0.25) is 0 Å². The molecule has 0 N–H and O–H groups in total. The first kappa shape index (κ1) is 13.8. The molecule has 2 heterocycles. The number of carbonyl (C=O) groups is 1. The molecule has 3 nitrogen and oxygen atoms in total. The first-order valence-electron chi connectivity index (χ1n) is 6.21. The number of carbonyl (C=O) groups excluding carboxylic acids is 1. The number of aryl methyl sites for hydroxylation is 2. The molecule has 0 fully saturated rings. The van der Waals surface area contributed by atoms with Crippen LogP contribution in [-0.2, 0) is 0 Å². The third-order valence-corrected chi connectivity index (χ3v) is 3.37. The third-order valence-electron chi connectivity index (χ3n) is 3.18. The van der Waals surface area contributed by atoms with Crippen LogP contribution in [-0.4, -0.2) is 20.7 Å². The summed E-state index contributed by atoms with van der Waals surface area (Å²) in [6.45, 7) is 7.61. The summed E-state index contributed by atoms with van der Waals surface area (Å²) in [7, 11) is 0. The van der Waals surface area contributed by atoms with Crippen LogP contribution in [0.3, 0.4) is 0 Å². The third kappa shape index (κ3) is 2.56. The molecule has 0 bridgehead atoms. The van der Waals surface area contributed by atoms with Crippen molar-refractivity contribution in [2.45, 2.75) is 33.1 Å². The molecule has 0 spiro atoms. The zero-order valence-electron chi connectivity index (χ0n) is 11.6. The normalized spacial score (nSPS) is 12.5. The van der Waals surface area contributed by atoms with Gasteiger partial charge in [-0.2, -0.15) is 0 Å². The largest absolute Gasteiger partial charge is 0.316 e. The average molecular weight is 277 g/mol. The van der Waals surface area contributed by atoms with Gasteiger partial charge in [-0.1, -0.05) is 0 Å². The maximum absolute atomic E-state index is 12.1. The van der Waals surface area contributed by atoms with E-state index in [1.807, 2.05) is 43.7 Å².